The van der Waals surface area contributed by atoms with Gasteiger partial charge in [-0.25, -0.2) is 4.68 Å². The molecule has 1 aliphatic rings. The van der Waals surface area contributed by atoms with Crippen molar-refractivity contribution in [2.75, 3.05) is 31.1 Å². The summed E-state index contributed by atoms with van der Waals surface area (Å²) in [6, 6.07) is 1.78. The van der Waals surface area contributed by atoms with Gasteiger partial charge in [0.15, 0.2) is 0 Å². The minimum absolute atomic E-state index is 0.0839. The number of carbonyl (C=O) groups is 1. The number of hydrogen-bond donors (Lipinski definition) is 0. The molecule has 0 bridgehead atoms. The molecule has 0 aromatic carbocycles. The van der Waals surface area contributed by atoms with E-state index in [1.54, 1.807) is 30.3 Å². The second-order valence-corrected chi connectivity index (χ2v) is 4.99. The zero-order chi connectivity index (χ0) is 14.8. The Morgan fingerprint density at radius 3 is 2.48 bits per heavy atom. The first-order valence-electron chi connectivity index (χ1n) is 6.55. The second-order valence-electron chi connectivity index (χ2n) is 4.65. The summed E-state index contributed by atoms with van der Waals surface area (Å²) in [5.74, 6) is 0.966. The zero-order valence-corrected chi connectivity index (χ0v) is 12.2. The van der Waals surface area contributed by atoms with E-state index >= 15 is 0 Å². The van der Waals surface area contributed by atoms with Crippen LogP contribution in [-0.2, 0) is 4.79 Å². The molecule has 2 aromatic rings. The van der Waals surface area contributed by atoms with Crippen LogP contribution in [0.1, 0.15) is 6.92 Å². The average Bonchev–Trinajstić information content (AvgIpc) is 3.01. The van der Waals surface area contributed by atoms with Gasteiger partial charge in [-0.15, -0.1) is 0 Å². The summed E-state index contributed by atoms with van der Waals surface area (Å²) in [5, 5.41) is 4.21. The van der Waals surface area contributed by atoms with E-state index in [4.69, 9.17) is 11.6 Å². The molecule has 1 amide bonds. The molecule has 0 aliphatic carbocycles. The van der Waals surface area contributed by atoms with Crippen LogP contribution in [0.25, 0.3) is 5.95 Å². The van der Waals surface area contributed by atoms with E-state index in [-0.39, 0.29) is 11.2 Å². The van der Waals surface area contributed by atoms with Gasteiger partial charge in [0, 0.05) is 45.5 Å². The van der Waals surface area contributed by atoms with Crippen molar-refractivity contribution >= 4 is 23.5 Å². The molecule has 21 heavy (non-hydrogen) atoms. The van der Waals surface area contributed by atoms with Crippen LogP contribution >= 0.6 is 11.6 Å². The molecule has 0 atom stereocenters. The Bertz CT molecular complexity index is 637. The van der Waals surface area contributed by atoms with Crippen LogP contribution in [0.4, 0.5) is 5.95 Å². The summed E-state index contributed by atoms with van der Waals surface area (Å²) in [6.07, 6.45) is 3.38. The Balaban J connectivity index is 1.82. The standard InChI is InChI=1S/C12H14ClN7O/c1-9(21)18-5-7-19(8-6-18)11-15-10(13)16-12(17-11)20-4-2-3-14-20/h2-4H,5-8H2,1H3. The van der Waals surface area contributed by atoms with Gasteiger partial charge < -0.3 is 9.80 Å². The Labute approximate surface area is 126 Å². The fraction of sp³-hybridized carbons (Fsp3) is 0.417. The summed E-state index contributed by atoms with van der Waals surface area (Å²) < 4.78 is 1.53. The van der Waals surface area contributed by atoms with Crippen molar-refractivity contribution in [3.8, 4) is 5.95 Å². The second kappa shape index (κ2) is 5.65. The summed E-state index contributed by atoms with van der Waals surface area (Å²) in [7, 11) is 0. The Hall–Kier alpha value is -2.22. The van der Waals surface area contributed by atoms with Crippen LogP contribution in [0.5, 0.6) is 0 Å². The minimum Gasteiger partial charge on any atom is -0.339 e. The van der Waals surface area contributed by atoms with Crippen molar-refractivity contribution in [3.63, 3.8) is 0 Å². The van der Waals surface area contributed by atoms with Gasteiger partial charge in [-0.2, -0.15) is 20.1 Å². The van der Waals surface area contributed by atoms with Crippen LogP contribution in [-0.4, -0.2) is 61.7 Å². The first-order chi connectivity index (χ1) is 10.1. The smallest absolute Gasteiger partial charge is 0.256 e. The normalized spacial score (nSPS) is 15.3. The van der Waals surface area contributed by atoms with Gasteiger partial charge in [-0.05, 0) is 17.7 Å². The van der Waals surface area contributed by atoms with Gasteiger partial charge >= 0.3 is 0 Å². The molecule has 2 aromatic heterocycles. The van der Waals surface area contributed by atoms with Crippen LogP contribution in [0.15, 0.2) is 18.5 Å². The lowest BCUT2D eigenvalue weighted by molar-refractivity contribution is -0.129. The molecular weight excluding hydrogens is 294 g/mol. The summed E-state index contributed by atoms with van der Waals surface area (Å²) >= 11 is 5.97. The van der Waals surface area contributed by atoms with E-state index in [2.05, 4.69) is 20.1 Å². The van der Waals surface area contributed by atoms with Crippen molar-refractivity contribution in [1.29, 1.82) is 0 Å². The summed E-state index contributed by atoms with van der Waals surface area (Å²) in [6.45, 7) is 4.20. The Morgan fingerprint density at radius 2 is 1.86 bits per heavy atom. The third-order valence-electron chi connectivity index (χ3n) is 3.30. The maximum atomic E-state index is 11.3. The first kappa shape index (κ1) is 13.7. The molecule has 110 valence electrons. The Morgan fingerprint density at radius 1 is 1.14 bits per heavy atom. The van der Waals surface area contributed by atoms with Gasteiger partial charge in [0.1, 0.15) is 0 Å². The lowest BCUT2D eigenvalue weighted by atomic mass is 10.3. The van der Waals surface area contributed by atoms with E-state index in [0.29, 0.717) is 38.1 Å². The number of piperazine rings is 1. The number of rotatable bonds is 2. The number of anilines is 1. The number of nitrogens with zero attached hydrogens (tertiary/aromatic N) is 7. The molecule has 1 saturated heterocycles. The summed E-state index contributed by atoms with van der Waals surface area (Å²) in [5.41, 5.74) is 0. The minimum atomic E-state index is 0.0839. The quantitative estimate of drug-likeness (QED) is 0.798. The third-order valence-corrected chi connectivity index (χ3v) is 3.47. The van der Waals surface area contributed by atoms with Crippen molar-refractivity contribution in [2.45, 2.75) is 6.92 Å². The molecule has 9 heteroatoms. The zero-order valence-electron chi connectivity index (χ0n) is 11.5. The lowest BCUT2D eigenvalue weighted by Gasteiger charge is -2.34. The topological polar surface area (TPSA) is 80.0 Å². The Kier molecular flexibility index (Phi) is 3.70. The van der Waals surface area contributed by atoms with Crippen LogP contribution < -0.4 is 4.90 Å². The first-order valence-corrected chi connectivity index (χ1v) is 6.93. The van der Waals surface area contributed by atoms with Crippen LogP contribution in [0.2, 0.25) is 5.28 Å². The number of carbonyl (C=O) groups excluding carboxylic acids is 1. The molecule has 0 unspecified atom stereocenters. The molecular formula is C12H14ClN7O. The van der Waals surface area contributed by atoms with Crippen molar-refractivity contribution in [2.24, 2.45) is 0 Å². The number of aromatic nitrogens is 5. The molecule has 0 radical (unpaired) electrons. The van der Waals surface area contributed by atoms with Crippen molar-refractivity contribution in [3.05, 3.63) is 23.7 Å². The maximum absolute atomic E-state index is 11.3. The van der Waals surface area contributed by atoms with E-state index < -0.39 is 0 Å². The number of amides is 1. The SMILES string of the molecule is CC(=O)N1CCN(c2nc(Cl)nc(-n3cccn3)n2)CC1. The molecule has 8 nitrogen and oxygen atoms in total. The van der Waals surface area contributed by atoms with Gasteiger partial charge in [0.2, 0.25) is 17.1 Å². The molecule has 1 fully saturated rings. The highest BCUT2D eigenvalue weighted by Crippen LogP contribution is 2.15. The van der Waals surface area contributed by atoms with E-state index in [1.165, 1.54) is 4.68 Å². The predicted molar refractivity (Wildman–Crippen MR) is 76.4 cm³/mol. The molecule has 0 N–H and O–H groups in total. The van der Waals surface area contributed by atoms with Gasteiger partial charge in [0.25, 0.3) is 5.95 Å². The van der Waals surface area contributed by atoms with Crippen LogP contribution in [0, 0.1) is 0 Å². The van der Waals surface area contributed by atoms with Gasteiger partial charge in [0.05, 0.1) is 0 Å². The highest BCUT2D eigenvalue weighted by Gasteiger charge is 2.21. The molecule has 1 aliphatic heterocycles. The average molecular weight is 308 g/mol. The fourth-order valence-corrected chi connectivity index (χ4v) is 2.33. The van der Waals surface area contributed by atoms with E-state index in [0.717, 1.165) is 0 Å². The predicted octanol–water partition coefficient (Wildman–Crippen LogP) is 0.379. The molecule has 0 spiro atoms. The molecule has 3 rings (SSSR count). The van der Waals surface area contributed by atoms with Crippen LogP contribution in [0.3, 0.4) is 0 Å². The molecule has 0 saturated carbocycles. The monoisotopic (exact) mass is 307 g/mol. The third kappa shape index (κ3) is 2.94. The van der Waals surface area contributed by atoms with Gasteiger partial charge in [-0.1, -0.05) is 0 Å². The van der Waals surface area contributed by atoms with Crippen molar-refractivity contribution < 1.29 is 4.79 Å². The largest absolute Gasteiger partial charge is 0.339 e. The van der Waals surface area contributed by atoms with E-state index in [1.807, 2.05) is 4.90 Å². The fourth-order valence-electron chi connectivity index (χ4n) is 2.18. The van der Waals surface area contributed by atoms with Gasteiger partial charge in [-0.3, -0.25) is 4.79 Å². The van der Waals surface area contributed by atoms with Crippen molar-refractivity contribution in [1.82, 2.24) is 29.6 Å². The molecule has 3 heterocycles. The highest BCUT2D eigenvalue weighted by molar-refractivity contribution is 6.28. The number of halogens is 1. The lowest BCUT2D eigenvalue weighted by Crippen LogP contribution is -2.48. The van der Waals surface area contributed by atoms with E-state index in [9.17, 15) is 4.79 Å². The summed E-state index contributed by atoms with van der Waals surface area (Å²) in [4.78, 5) is 27.7. The highest BCUT2D eigenvalue weighted by atomic mass is 35.5. The number of hydrogen-bond acceptors (Lipinski definition) is 6. The maximum Gasteiger partial charge on any atom is 0.256 e.